The molecule has 3 aromatic carbocycles. The molecule has 5 rings (SSSR count). The summed E-state index contributed by atoms with van der Waals surface area (Å²) in [5.74, 6) is 1.45. The fourth-order valence-electron chi connectivity index (χ4n) is 4.08. The Morgan fingerprint density at radius 3 is 2.63 bits per heavy atom. The first-order valence-electron chi connectivity index (χ1n) is 11.2. The minimum atomic E-state index is -2.89. The van der Waals surface area contributed by atoms with Gasteiger partial charge in [0.25, 0.3) is 0 Å². The summed E-state index contributed by atoms with van der Waals surface area (Å²) in [7, 11) is 1.64. The van der Waals surface area contributed by atoms with Gasteiger partial charge < -0.3 is 20.1 Å². The van der Waals surface area contributed by atoms with Gasteiger partial charge in [-0.1, -0.05) is 30.3 Å². The van der Waals surface area contributed by atoms with Crippen molar-refractivity contribution < 1.29 is 18.3 Å². The summed E-state index contributed by atoms with van der Waals surface area (Å²) in [6.07, 6.45) is 4.50. The molecule has 8 heteroatoms. The summed E-state index contributed by atoms with van der Waals surface area (Å²) in [6, 6.07) is 20.4. The van der Waals surface area contributed by atoms with Crippen molar-refractivity contribution in [3.05, 3.63) is 83.9 Å². The van der Waals surface area contributed by atoms with Gasteiger partial charge in [0.1, 0.15) is 23.5 Å². The van der Waals surface area contributed by atoms with Gasteiger partial charge >= 0.3 is 6.61 Å². The molecule has 0 saturated heterocycles. The highest BCUT2D eigenvalue weighted by Gasteiger charge is 2.24. The van der Waals surface area contributed by atoms with Gasteiger partial charge in [0, 0.05) is 41.3 Å². The van der Waals surface area contributed by atoms with Crippen LogP contribution in [0.25, 0.3) is 11.1 Å². The molecule has 2 aliphatic rings. The second-order valence-electron chi connectivity index (χ2n) is 8.08. The average Bonchev–Trinajstić information content (AvgIpc) is 2.89. The number of nitrogens with one attached hydrogen (secondary N) is 2. The molecular formula is C27H24F2N4O2. The molecule has 0 saturated carbocycles. The van der Waals surface area contributed by atoms with Crippen LogP contribution < -0.4 is 20.1 Å². The highest BCUT2D eigenvalue weighted by atomic mass is 19.3. The first-order valence-corrected chi connectivity index (χ1v) is 11.2. The monoisotopic (exact) mass is 474 g/mol. The number of ether oxygens (including phenoxy) is 2. The molecule has 0 fully saturated rings. The Hall–Kier alpha value is -4.20. The van der Waals surface area contributed by atoms with Gasteiger partial charge in [-0.05, 0) is 53.9 Å². The van der Waals surface area contributed by atoms with Crippen molar-refractivity contribution in [3.63, 3.8) is 0 Å². The fourth-order valence-corrected chi connectivity index (χ4v) is 4.08. The van der Waals surface area contributed by atoms with Crippen LogP contribution in [0.5, 0.6) is 11.5 Å². The highest BCUT2D eigenvalue weighted by Crippen LogP contribution is 2.32. The van der Waals surface area contributed by atoms with E-state index in [1.807, 2.05) is 48.7 Å². The lowest BCUT2D eigenvalue weighted by atomic mass is 9.99. The Labute approximate surface area is 202 Å². The number of benzene rings is 3. The van der Waals surface area contributed by atoms with Crippen LogP contribution in [0.1, 0.15) is 12.0 Å². The van der Waals surface area contributed by atoms with Gasteiger partial charge in [0.15, 0.2) is 0 Å². The number of anilines is 2. The summed E-state index contributed by atoms with van der Waals surface area (Å²) in [4.78, 5) is 9.31. The van der Waals surface area contributed by atoms with Crippen LogP contribution in [0, 0.1) is 0 Å². The van der Waals surface area contributed by atoms with E-state index in [2.05, 4.69) is 26.4 Å². The molecule has 0 aliphatic carbocycles. The van der Waals surface area contributed by atoms with Crippen LogP contribution in [0.3, 0.4) is 0 Å². The largest absolute Gasteiger partial charge is 0.497 e. The van der Waals surface area contributed by atoms with Gasteiger partial charge in [0.2, 0.25) is 0 Å². The number of alkyl halides is 2. The Morgan fingerprint density at radius 1 is 1.00 bits per heavy atom. The molecule has 3 aromatic rings. The van der Waals surface area contributed by atoms with Crippen molar-refractivity contribution in [1.82, 2.24) is 0 Å². The Bertz CT molecular complexity index is 1320. The molecule has 35 heavy (non-hydrogen) atoms. The zero-order valence-corrected chi connectivity index (χ0v) is 19.0. The molecular weight excluding hydrogens is 450 g/mol. The first kappa shape index (κ1) is 22.6. The van der Waals surface area contributed by atoms with Crippen LogP contribution in [0.4, 0.5) is 20.2 Å². The third kappa shape index (κ3) is 5.16. The molecule has 1 atom stereocenters. The van der Waals surface area contributed by atoms with Crippen molar-refractivity contribution in [2.24, 2.45) is 9.98 Å². The number of hydrogen-bond acceptors (Lipinski definition) is 6. The molecule has 0 bridgehead atoms. The molecule has 1 unspecified atom stereocenters. The number of nitrogens with zero attached hydrogens (tertiary/aromatic N) is 2. The first-order chi connectivity index (χ1) is 17.1. The fraction of sp³-hybridized carbons (Fsp3) is 0.185. The summed E-state index contributed by atoms with van der Waals surface area (Å²) in [5, 5.41) is 6.80. The molecule has 0 amide bonds. The third-order valence-electron chi connectivity index (χ3n) is 5.74. The number of fused-ring (bicyclic) bond motifs is 1. The quantitative estimate of drug-likeness (QED) is 0.462. The van der Waals surface area contributed by atoms with Crippen LogP contribution >= 0.6 is 0 Å². The smallest absolute Gasteiger partial charge is 0.387 e. The van der Waals surface area contributed by atoms with E-state index in [-0.39, 0.29) is 11.9 Å². The molecule has 2 N–H and O–H groups in total. The van der Waals surface area contributed by atoms with E-state index in [0.717, 1.165) is 46.7 Å². The Balaban J connectivity index is 1.53. The van der Waals surface area contributed by atoms with Crippen molar-refractivity contribution >= 4 is 23.4 Å². The topological polar surface area (TPSA) is 67.2 Å². The molecule has 0 spiro atoms. The molecule has 178 valence electrons. The lowest BCUT2D eigenvalue weighted by Crippen LogP contribution is -2.31. The minimum absolute atomic E-state index is 0.0727. The number of halogens is 2. The van der Waals surface area contributed by atoms with Crippen LogP contribution in [0.2, 0.25) is 0 Å². The molecule has 0 radical (unpaired) electrons. The number of amidine groups is 1. The lowest BCUT2D eigenvalue weighted by Gasteiger charge is -2.28. The predicted molar refractivity (Wildman–Crippen MR) is 135 cm³/mol. The molecule has 6 nitrogen and oxygen atoms in total. The Kier molecular flexibility index (Phi) is 6.43. The standard InChI is InChI=1S/C27H24F2N4O2/c1-34-21-8-2-5-17(13-21)18-10-11-24-23(14-18)26(33-25(32-24)19-6-4-12-30-16-19)31-20-7-3-9-22(15-20)35-27(28)29/h2-3,5-11,13-16,25,27,32H,4,12H2,1H3,(H,31,33). The molecule has 2 heterocycles. The van der Waals surface area contributed by atoms with Gasteiger partial charge in [0.05, 0.1) is 7.11 Å². The van der Waals surface area contributed by atoms with Crippen LogP contribution in [0.15, 0.2) is 88.4 Å². The van der Waals surface area contributed by atoms with E-state index in [1.54, 1.807) is 19.2 Å². The number of methoxy groups -OCH3 is 1. The van der Waals surface area contributed by atoms with Crippen molar-refractivity contribution in [2.75, 3.05) is 24.3 Å². The number of aliphatic imine (C=N–C) groups is 2. The maximum Gasteiger partial charge on any atom is 0.387 e. The predicted octanol–water partition coefficient (Wildman–Crippen LogP) is 5.97. The highest BCUT2D eigenvalue weighted by molar-refractivity contribution is 6.14. The third-order valence-corrected chi connectivity index (χ3v) is 5.74. The van der Waals surface area contributed by atoms with Gasteiger partial charge in [-0.3, -0.25) is 4.99 Å². The van der Waals surface area contributed by atoms with Gasteiger partial charge in [-0.25, -0.2) is 4.99 Å². The number of hydrogen-bond donors (Lipinski definition) is 2. The zero-order valence-electron chi connectivity index (χ0n) is 19.0. The van der Waals surface area contributed by atoms with Crippen molar-refractivity contribution in [2.45, 2.75) is 19.2 Å². The van der Waals surface area contributed by atoms with Crippen molar-refractivity contribution in [3.8, 4) is 22.6 Å². The summed E-state index contributed by atoms with van der Waals surface area (Å²) in [6.45, 7) is -2.13. The van der Waals surface area contributed by atoms with E-state index in [4.69, 9.17) is 9.73 Å². The second kappa shape index (κ2) is 9.97. The maximum absolute atomic E-state index is 12.7. The van der Waals surface area contributed by atoms with Gasteiger partial charge in [-0.2, -0.15) is 8.78 Å². The molecule has 2 aliphatic heterocycles. The van der Waals surface area contributed by atoms with E-state index < -0.39 is 6.61 Å². The molecule has 0 aromatic heterocycles. The SMILES string of the molecule is COc1cccc(-c2ccc3c(c2)C(Nc2cccc(OC(F)F)c2)=NC(C2=CCCN=C2)N3)c1. The second-order valence-corrected chi connectivity index (χ2v) is 8.08. The minimum Gasteiger partial charge on any atom is -0.497 e. The number of rotatable bonds is 6. The lowest BCUT2D eigenvalue weighted by molar-refractivity contribution is -0.0498. The number of dihydropyridines is 1. The normalized spacial score (nSPS) is 16.6. The maximum atomic E-state index is 12.7. The summed E-state index contributed by atoms with van der Waals surface area (Å²) < 4.78 is 35.4. The summed E-state index contributed by atoms with van der Waals surface area (Å²) in [5.41, 5.74) is 5.32. The van der Waals surface area contributed by atoms with E-state index >= 15 is 0 Å². The van der Waals surface area contributed by atoms with E-state index in [1.165, 1.54) is 12.1 Å². The average molecular weight is 475 g/mol. The van der Waals surface area contributed by atoms with Crippen LogP contribution in [-0.4, -0.2) is 38.5 Å². The summed E-state index contributed by atoms with van der Waals surface area (Å²) >= 11 is 0. The van der Waals surface area contributed by atoms with Crippen LogP contribution in [-0.2, 0) is 0 Å². The van der Waals surface area contributed by atoms with E-state index in [9.17, 15) is 8.78 Å². The van der Waals surface area contributed by atoms with Crippen molar-refractivity contribution in [1.29, 1.82) is 0 Å². The Morgan fingerprint density at radius 2 is 1.83 bits per heavy atom. The van der Waals surface area contributed by atoms with Gasteiger partial charge in [-0.15, -0.1) is 0 Å². The zero-order chi connectivity index (χ0) is 24.2. The van der Waals surface area contributed by atoms with E-state index in [0.29, 0.717) is 11.5 Å².